The molecule has 110 valence electrons. The lowest BCUT2D eigenvalue weighted by Crippen LogP contribution is -2.31. The summed E-state index contributed by atoms with van der Waals surface area (Å²) in [6.07, 6.45) is 8.62. The van der Waals surface area contributed by atoms with Crippen molar-refractivity contribution in [1.82, 2.24) is 24.8 Å². The zero-order valence-electron chi connectivity index (χ0n) is 11.9. The summed E-state index contributed by atoms with van der Waals surface area (Å²) >= 11 is 0. The van der Waals surface area contributed by atoms with Crippen molar-refractivity contribution in [1.29, 1.82) is 0 Å². The number of imidazole rings is 1. The number of nitrogens with one attached hydrogen (secondary N) is 1. The minimum Gasteiger partial charge on any atom is -0.345 e. The first kappa shape index (κ1) is 12.9. The quantitative estimate of drug-likeness (QED) is 0.787. The molecule has 0 bridgehead atoms. The summed E-state index contributed by atoms with van der Waals surface area (Å²) in [5, 5.41) is 0. The molecular formula is C16H15N5O. The molecule has 1 saturated heterocycles. The Bertz CT molecular complexity index is 814. The largest absolute Gasteiger partial charge is 0.345 e. The first-order chi connectivity index (χ1) is 10.8. The average molecular weight is 293 g/mol. The molecule has 3 aromatic rings. The van der Waals surface area contributed by atoms with Gasteiger partial charge in [-0.05, 0) is 31.0 Å². The van der Waals surface area contributed by atoms with Crippen LogP contribution in [0.3, 0.4) is 0 Å². The van der Waals surface area contributed by atoms with Crippen molar-refractivity contribution in [3.63, 3.8) is 0 Å². The van der Waals surface area contributed by atoms with E-state index >= 15 is 0 Å². The summed E-state index contributed by atoms with van der Waals surface area (Å²) in [4.78, 5) is 30.4. The van der Waals surface area contributed by atoms with Gasteiger partial charge in [-0.3, -0.25) is 14.8 Å². The predicted molar refractivity (Wildman–Crippen MR) is 81.1 cm³/mol. The van der Waals surface area contributed by atoms with Crippen LogP contribution in [0.25, 0.3) is 11.0 Å². The molecule has 2 aromatic heterocycles. The lowest BCUT2D eigenvalue weighted by atomic mass is 10.1. The maximum absolute atomic E-state index is 12.8. The number of rotatable bonds is 2. The molecule has 1 N–H and O–H groups in total. The van der Waals surface area contributed by atoms with E-state index in [1.807, 2.05) is 23.1 Å². The number of fused-ring (bicyclic) bond motifs is 1. The molecule has 0 aliphatic carbocycles. The van der Waals surface area contributed by atoms with Gasteiger partial charge >= 0.3 is 0 Å². The van der Waals surface area contributed by atoms with E-state index in [4.69, 9.17) is 0 Å². The number of amides is 1. The summed E-state index contributed by atoms with van der Waals surface area (Å²) in [6.45, 7) is 0.751. The first-order valence-electron chi connectivity index (χ1n) is 7.33. The van der Waals surface area contributed by atoms with E-state index in [-0.39, 0.29) is 11.9 Å². The van der Waals surface area contributed by atoms with E-state index in [2.05, 4.69) is 19.9 Å². The van der Waals surface area contributed by atoms with Gasteiger partial charge in [0.15, 0.2) is 0 Å². The molecule has 0 saturated carbocycles. The zero-order valence-corrected chi connectivity index (χ0v) is 11.9. The number of aromatic amines is 1. The molecule has 0 radical (unpaired) electrons. The molecule has 1 fully saturated rings. The second-order valence-electron chi connectivity index (χ2n) is 5.42. The fraction of sp³-hybridized carbons (Fsp3) is 0.250. The van der Waals surface area contributed by atoms with Crippen LogP contribution < -0.4 is 0 Å². The summed E-state index contributed by atoms with van der Waals surface area (Å²) in [7, 11) is 0. The minimum atomic E-state index is 0.0127. The van der Waals surface area contributed by atoms with E-state index < -0.39 is 0 Å². The second kappa shape index (κ2) is 5.22. The first-order valence-corrected chi connectivity index (χ1v) is 7.33. The number of H-pyrrole nitrogens is 1. The van der Waals surface area contributed by atoms with Crippen LogP contribution in [-0.2, 0) is 0 Å². The van der Waals surface area contributed by atoms with Crippen LogP contribution in [0, 0.1) is 0 Å². The van der Waals surface area contributed by atoms with Crippen LogP contribution in [0.5, 0.6) is 0 Å². The highest BCUT2D eigenvalue weighted by Crippen LogP contribution is 2.31. The molecule has 3 heterocycles. The summed E-state index contributed by atoms with van der Waals surface area (Å²) in [5.41, 5.74) is 3.27. The molecule has 1 atom stereocenters. The fourth-order valence-electron chi connectivity index (χ4n) is 3.03. The van der Waals surface area contributed by atoms with Gasteiger partial charge in [0.2, 0.25) is 0 Å². The van der Waals surface area contributed by atoms with E-state index in [1.165, 1.54) is 0 Å². The van der Waals surface area contributed by atoms with Gasteiger partial charge in [0, 0.05) is 24.5 Å². The van der Waals surface area contributed by atoms with E-state index in [1.54, 1.807) is 24.9 Å². The van der Waals surface area contributed by atoms with Gasteiger partial charge in [-0.1, -0.05) is 0 Å². The Kier molecular flexibility index (Phi) is 3.07. The predicted octanol–water partition coefficient (Wildman–Crippen LogP) is 2.33. The third-order valence-corrected chi connectivity index (χ3v) is 4.11. The van der Waals surface area contributed by atoms with E-state index in [9.17, 15) is 4.79 Å². The highest BCUT2D eigenvalue weighted by atomic mass is 16.2. The van der Waals surface area contributed by atoms with Gasteiger partial charge in [0.25, 0.3) is 5.91 Å². The summed E-state index contributed by atoms with van der Waals surface area (Å²) in [5.74, 6) is 0.0321. The fourth-order valence-corrected chi connectivity index (χ4v) is 3.03. The molecular weight excluding hydrogens is 278 g/mol. The Morgan fingerprint density at radius 2 is 2.23 bits per heavy atom. The van der Waals surface area contributed by atoms with Gasteiger partial charge in [0.05, 0.1) is 35.3 Å². The molecule has 4 rings (SSSR count). The Balaban J connectivity index is 1.66. The van der Waals surface area contributed by atoms with Crippen molar-refractivity contribution >= 4 is 16.9 Å². The van der Waals surface area contributed by atoms with Crippen molar-refractivity contribution in [2.24, 2.45) is 0 Å². The number of carbonyl (C=O) groups is 1. The van der Waals surface area contributed by atoms with Crippen LogP contribution in [0.2, 0.25) is 0 Å². The maximum Gasteiger partial charge on any atom is 0.254 e. The SMILES string of the molecule is O=C(c1ccc2nc[nH]c2c1)N1CCCC1c1cnccn1. The highest BCUT2D eigenvalue weighted by Gasteiger charge is 2.31. The van der Waals surface area contributed by atoms with Gasteiger partial charge in [0.1, 0.15) is 0 Å². The Morgan fingerprint density at radius 3 is 3.09 bits per heavy atom. The van der Waals surface area contributed by atoms with Gasteiger partial charge in [-0.25, -0.2) is 4.98 Å². The van der Waals surface area contributed by atoms with Crippen molar-refractivity contribution in [3.8, 4) is 0 Å². The standard InChI is InChI=1S/C16H15N5O/c22-16(11-3-4-12-13(8-11)20-10-19-12)21-7-1-2-15(21)14-9-17-5-6-18-14/h3-6,8-10,15H,1-2,7H2,(H,19,20). The Hall–Kier alpha value is -2.76. The number of likely N-dealkylation sites (tertiary alicyclic amines) is 1. The number of hydrogen-bond donors (Lipinski definition) is 1. The number of nitrogens with zero attached hydrogens (tertiary/aromatic N) is 4. The van der Waals surface area contributed by atoms with Crippen LogP contribution in [0.4, 0.5) is 0 Å². The number of benzene rings is 1. The molecule has 1 aliphatic rings. The molecule has 22 heavy (non-hydrogen) atoms. The number of hydrogen-bond acceptors (Lipinski definition) is 4. The smallest absolute Gasteiger partial charge is 0.254 e. The molecule has 6 nitrogen and oxygen atoms in total. The molecule has 1 aromatic carbocycles. The van der Waals surface area contributed by atoms with Gasteiger partial charge < -0.3 is 9.88 Å². The van der Waals surface area contributed by atoms with E-state index in [0.29, 0.717) is 5.56 Å². The zero-order chi connectivity index (χ0) is 14.9. The summed E-state index contributed by atoms with van der Waals surface area (Å²) in [6, 6.07) is 5.57. The maximum atomic E-state index is 12.8. The number of aromatic nitrogens is 4. The highest BCUT2D eigenvalue weighted by molar-refractivity contribution is 5.97. The normalized spacial score (nSPS) is 18.0. The Labute approximate surface area is 127 Å². The second-order valence-corrected chi connectivity index (χ2v) is 5.42. The molecule has 6 heteroatoms. The Morgan fingerprint density at radius 1 is 1.27 bits per heavy atom. The van der Waals surface area contributed by atoms with Crippen LogP contribution in [0.15, 0.2) is 43.1 Å². The van der Waals surface area contributed by atoms with Crippen molar-refractivity contribution in [3.05, 3.63) is 54.4 Å². The van der Waals surface area contributed by atoms with Crippen molar-refractivity contribution in [2.45, 2.75) is 18.9 Å². The average Bonchev–Trinajstić information content (AvgIpc) is 3.23. The third-order valence-electron chi connectivity index (χ3n) is 4.11. The van der Waals surface area contributed by atoms with Crippen LogP contribution in [-0.4, -0.2) is 37.3 Å². The van der Waals surface area contributed by atoms with Gasteiger partial charge in [-0.15, -0.1) is 0 Å². The summed E-state index contributed by atoms with van der Waals surface area (Å²) < 4.78 is 0. The van der Waals surface area contributed by atoms with Crippen LogP contribution in [0.1, 0.15) is 34.9 Å². The van der Waals surface area contributed by atoms with E-state index in [0.717, 1.165) is 36.1 Å². The molecule has 1 unspecified atom stereocenters. The molecule has 1 amide bonds. The third kappa shape index (κ3) is 2.13. The number of carbonyl (C=O) groups excluding carboxylic acids is 1. The van der Waals surface area contributed by atoms with Crippen LogP contribution >= 0.6 is 0 Å². The lowest BCUT2D eigenvalue weighted by molar-refractivity contribution is 0.0733. The minimum absolute atomic E-state index is 0.0127. The van der Waals surface area contributed by atoms with Crippen molar-refractivity contribution < 1.29 is 4.79 Å². The molecule has 1 aliphatic heterocycles. The lowest BCUT2D eigenvalue weighted by Gasteiger charge is -2.24. The molecule has 0 spiro atoms. The topological polar surface area (TPSA) is 74.8 Å². The van der Waals surface area contributed by atoms with Gasteiger partial charge in [-0.2, -0.15) is 0 Å². The van der Waals surface area contributed by atoms with Crippen molar-refractivity contribution in [2.75, 3.05) is 6.54 Å². The monoisotopic (exact) mass is 293 g/mol.